The Labute approximate surface area is 128 Å². The molecule has 6 nitrogen and oxygen atoms in total. The van der Waals surface area contributed by atoms with E-state index in [9.17, 15) is 13.2 Å². The van der Waals surface area contributed by atoms with Crippen LogP contribution in [0.15, 0.2) is 23.1 Å². The van der Waals surface area contributed by atoms with Crippen molar-refractivity contribution in [1.82, 2.24) is 4.72 Å². The zero-order valence-corrected chi connectivity index (χ0v) is 13.0. The van der Waals surface area contributed by atoms with Crippen molar-refractivity contribution in [2.75, 3.05) is 13.2 Å². The van der Waals surface area contributed by atoms with Gasteiger partial charge in [0.15, 0.2) is 0 Å². The number of carboxylic acid groups (broad SMARTS) is 1. The molecule has 1 aromatic carbocycles. The molecule has 0 amide bonds. The summed E-state index contributed by atoms with van der Waals surface area (Å²) >= 11 is 5.91. The lowest BCUT2D eigenvalue weighted by Crippen LogP contribution is -2.51. The van der Waals surface area contributed by atoms with Crippen molar-refractivity contribution < 1.29 is 23.1 Å². The molecule has 0 saturated carbocycles. The Hall–Kier alpha value is -1.15. The maximum Gasteiger partial charge on any atom is 0.335 e. The molecular formula is C13H16ClNO5S. The number of aromatic carboxylic acids is 1. The van der Waals surface area contributed by atoms with Gasteiger partial charge >= 0.3 is 5.97 Å². The smallest absolute Gasteiger partial charge is 0.335 e. The van der Waals surface area contributed by atoms with E-state index in [-0.39, 0.29) is 22.1 Å². The fourth-order valence-corrected chi connectivity index (χ4v) is 4.19. The molecule has 1 unspecified atom stereocenters. The van der Waals surface area contributed by atoms with E-state index in [0.717, 1.165) is 12.5 Å². The average Bonchev–Trinajstić information content (AvgIpc) is 2.38. The van der Waals surface area contributed by atoms with Gasteiger partial charge in [0.25, 0.3) is 0 Å². The van der Waals surface area contributed by atoms with E-state index >= 15 is 0 Å². The number of carbonyl (C=O) groups is 1. The van der Waals surface area contributed by atoms with Crippen LogP contribution < -0.4 is 4.72 Å². The zero-order valence-electron chi connectivity index (χ0n) is 11.4. The minimum absolute atomic E-state index is 0.0205. The van der Waals surface area contributed by atoms with Gasteiger partial charge in [-0.2, -0.15) is 0 Å². The summed E-state index contributed by atoms with van der Waals surface area (Å²) in [4.78, 5) is 10.7. The Morgan fingerprint density at radius 2 is 2.19 bits per heavy atom. The first kappa shape index (κ1) is 16.2. The molecule has 0 radical (unpaired) electrons. The second-order valence-electron chi connectivity index (χ2n) is 5.27. The third-order valence-electron chi connectivity index (χ3n) is 3.29. The highest BCUT2D eigenvalue weighted by Crippen LogP contribution is 2.26. The molecule has 1 aliphatic heterocycles. The second kappa shape index (κ2) is 5.92. The van der Waals surface area contributed by atoms with Crippen LogP contribution in [0.5, 0.6) is 0 Å². The van der Waals surface area contributed by atoms with Crippen molar-refractivity contribution in [3.05, 3.63) is 28.8 Å². The van der Waals surface area contributed by atoms with E-state index in [0.29, 0.717) is 13.0 Å². The van der Waals surface area contributed by atoms with Gasteiger partial charge in [-0.3, -0.25) is 0 Å². The van der Waals surface area contributed by atoms with Crippen molar-refractivity contribution in [1.29, 1.82) is 0 Å². The van der Waals surface area contributed by atoms with E-state index in [1.807, 2.05) is 0 Å². The summed E-state index contributed by atoms with van der Waals surface area (Å²) in [6.07, 6.45) is 1.39. The lowest BCUT2D eigenvalue weighted by atomic mass is 9.97. The van der Waals surface area contributed by atoms with E-state index in [2.05, 4.69) is 4.72 Å². The molecule has 0 aromatic heterocycles. The van der Waals surface area contributed by atoms with Crippen LogP contribution in [0.2, 0.25) is 5.02 Å². The third-order valence-corrected chi connectivity index (χ3v) is 5.41. The van der Waals surface area contributed by atoms with Crippen molar-refractivity contribution in [3.63, 3.8) is 0 Å². The van der Waals surface area contributed by atoms with E-state index < -0.39 is 21.5 Å². The first-order chi connectivity index (χ1) is 9.73. The van der Waals surface area contributed by atoms with Crippen LogP contribution in [0.4, 0.5) is 0 Å². The highest BCUT2D eigenvalue weighted by molar-refractivity contribution is 7.89. The monoisotopic (exact) mass is 333 g/mol. The minimum atomic E-state index is -3.93. The number of sulfonamides is 1. The van der Waals surface area contributed by atoms with Gasteiger partial charge in [-0.25, -0.2) is 17.9 Å². The first-order valence-corrected chi connectivity index (χ1v) is 8.24. The molecule has 1 saturated heterocycles. The predicted molar refractivity (Wildman–Crippen MR) is 77.2 cm³/mol. The van der Waals surface area contributed by atoms with Crippen LogP contribution in [0.3, 0.4) is 0 Å². The molecule has 8 heteroatoms. The number of rotatable bonds is 4. The number of ether oxygens (including phenoxy) is 1. The summed E-state index contributed by atoms with van der Waals surface area (Å²) in [6.45, 7) is 2.62. The molecule has 1 atom stereocenters. The molecule has 1 heterocycles. The zero-order chi connectivity index (χ0) is 15.7. The number of carboxylic acids is 1. The molecule has 116 valence electrons. The SMILES string of the molecule is CC1(NS(=O)(=O)c2cc(C(=O)O)ccc2Cl)CCCOC1. The molecule has 0 aliphatic carbocycles. The molecule has 1 aromatic rings. The molecular weight excluding hydrogens is 318 g/mol. The largest absolute Gasteiger partial charge is 0.478 e. The highest BCUT2D eigenvalue weighted by Gasteiger charge is 2.34. The third kappa shape index (κ3) is 3.74. The van der Waals surface area contributed by atoms with E-state index in [1.54, 1.807) is 6.92 Å². The number of nitrogens with one attached hydrogen (secondary N) is 1. The standard InChI is InChI=1S/C13H16ClNO5S/c1-13(5-2-6-20-8-13)15-21(18,19)11-7-9(12(16)17)3-4-10(11)14/h3-4,7,15H,2,5-6,8H2,1H3,(H,16,17). The van der Waals surface area contributed by atoms with Gasteiger partial charge in [-0.1, -0.05) is 11.6 Å². The van der Waals surface area contributed by atoms with E-state index in [4.69, 9.17) is 21.4 Å². The maximum atomic E-state index is 12.5. The molecule has 1 fully saturated rings. The molecule has 2 rings (SSSR count). The van der Waals surface area contributed by atoms with Crippen molar-refractivity contribution in [3.8, 4) is 0 Å². The van der Waals surface area contributed by atoms with Crippen LogP contribution >= 0.6 is 11.6 Å². The van der Waals surface area contributed by atoms with Gasteiger partial charge in [-0.15, -0.1) is 0 Å². The van der Waals surface area contributed by atoms with Crippen LogP contribution in [-0.4, -0.2) is 38.2 Å². The van der Waals surface area contributed by atoms with Crippen LogP contribution in [-0.2, 0) is 14.8 Å². The summed E-state index contributed by atoms with van der Waals surface area (Å²) in [5, 5.41) is 8.94. The van der Waals surface area contributed by atoms with Gasteiger partial charge in [0.2, 0.25) is 10.0 Å². The molecule has 2 N–H and O–H groups in total. The first-order valence-electron chi connectivity index (χ1n) is 6.38. The van der Waals surface area contributed by atoms with Crippen molar-refractivity contribution in [2.24, 2.45) is 0 Å². The van der Waals surface area contributed by atoms with Gasteiger partial charge in [0.05, 0.1) is 22.7 Å². The molecule has 0 spiro atoms. The number of benzene rings is 1. The Balaban J connectivity index is 2.35. The number of hydrogen-bond acceptors (Lipinski definition) is 4. The summed E-state index contributed by atoms with van der Waals surface area (Å²) in [7, 11) is -3.93. The fourth-order valence-electron chi connectivity index (χ4n) is 2.24. The van der Waals surface area contributed by atoms with Gasteiger partial charge in [0.1, 0.15) is 4.90 Å². The molecule has 0 bridgehead atoms. The topological polar surface area (TPSA) is 92.7 Å². The Morgan fingerprint density at radius 3 is 2.76 bits per heavy atom. The Morgan fingerprint density at radius 1 is 1.48 bits per heavy atom. The molecule has 1 aliphatic rings. The van der Waals surface area contributed by atoms with Gasteiger partial charge in [0, 0.05) is 6.61 Å². The van der Waals surface area contributed by atoms with Crippen LogP contribution in [0, 0.1) is 0 Å². The lowest BCUT2D eigenvalue weighted by molar-refractivity contribution is 0.0386. The minimum Gasteiger partial charge on any atom is -0.478 e. The normalized spacial score (nSPS) is 23.0. The second-order valence-corrected chi connectivity index (χ2v) is 7.33. The summed E-state index contributed by atoms with van der Waals surface area (Å²) in [6, 6.07) is 3.58. The van der Waals surface area contributed by atoms with Gasteiger partial charge < -0.3 is 9.84 Å². The molecule has 21 heavy (non-hydrogen) atoms. The fraction of sp³-hybridized carbons (Fsp3) is 0.462. The maximum absolute atomic E-state index is 12.5. The quantitative estimate of drug-likeness (QED) is 0.877. The van der Waals surface area contributed by atoms with E-state index in [1.165, 1.54) is 12.1 Å². The lowest BCUT2D eigenvalue weighted by Gasteiger charge is -2.33. The van der Waals surface area contributed by atoms with Crippen LogP contribution in [0.1, 0.15) is 30.1 Å². The Bertz CT molecular complexity index is 653. The average molecular weight is 334 g/mol. The summed E-state index contributed by atoms with van der Waals surface area (Å²) in [5.74, 6) is -1.21. The highest BCUT2D eigenvalue weighted by atomic mass is 35.5. The van der Waals surface area contributed by atoms with Crippen molar-refractivity contribution >= 4 is 27.6 Å². The van der Waals surface area contributed by atoms with Gasteiger partial charge in [-0.05, 0) is 38.0 Å². The predicted octanol–water partition coefficient (Wildman–Crippen LogP) is 1.89. The number of halogens is 1. The summed E-state index contributed by atoms with van der Waals surface area (Å²) in [5.41, 5.74) is -0.857. The number of hydrogen-bond donors (Lipinski definition) is 2. The van der Waals surface area contributed by atoms with Crippen LogP contribution in [0.25, 0.3) is 0 Å². The van der Waals surface area contributed by atoms with Crippen molar-refractivity contribution in [2.45, 2.75) is 30.2 Å². The Kier molecular flexibility index (Phi) is 4.57. The summed E-state index contributed by atoms with van der Waals surface area (Å²) < 4.78 is 32.8.